The van der Waals surface area contributed by atoms with Gasteiger partial charge in [-0.2, -0.15) is 5.10 Å². The fourth-order valence-corrected chi connectivity index (χ4v) is 2.52. The third-order valence-electron chi connectivity index (χ3n) is 2.36. The first-order chi connectivity index (χ1) is 7.65. The number of aliphatic hydroxyl groups excluding tert-OH is 1. The molecule has 0 fully saturated rings. The normalized spacial score (nSPS) is 13.0. The van der Waals surface area contributed by atoms with Crippen LogP contribution in [-0.2, 0) is 13.5 Å². The number of nitrogens with zero attached hydrogens (tertiary/aromatic N) is 4. The molecule has 0 aromatic carbocycles. The molecule has 0 saturated heterocycles. The van der Waals surface area contributed by atoms with Crippen LogP contribution in [0.3, 0.4) is 0 Å². The van der Waals surface area contributed by atoms with E-state index in [0.29, 0.717) is 10.7 Å². The average molecular weight is 259 g/mol. The van der Waals surface area contributed by atoms with Crippen LogP contribution in [0.5, 0.6) is 0 Å². The maximum atomic E-state index is 10.2. The van der Waals surface area contributed by atoms with E-state index in [2.05, 4.69) is 14.7 Å². The van der Waals surface area contributed by atoms with Crippen molar-refractivity contribution in [3.63, 3.8) is 0 Å². The Balaban J connectivity index is 2.43. The van der Waals surface area contributed by atoms with E-state index in [0.717, 1.165) is 17.0 Å². The Morgan fingerprint density at radius 2 is 2.38 bits per heavy atom. The molecule has 0 saturated carbocycles. The number of aryl methyl sites for hydroxylation is 2. The van der Waals surface area contributed by atoms with Gasteiger partial charge in [0.2, 0.25) is 0 Å². The van der Waals surface area contributed by atoms with E-state index >= 15 is 0 Å². The maximum Gasteiger partial charge on any atom is 0.135 e. The molecule has 0 spiro atoms. The second kappa shape index (κ2) is 4.48. The van der Waals surface area contributed by atoms with Crippen LogP contribution in [0, 0.1) is 0 Å². The zero-order valence-corrected chi connectivity index (χ0v) is 10.5. The van der Waals surface area contributed by atoms with Gasteiger partial charge in [-0.15, -0.1) is 5.10 Å². The molecule has 2 aromatic rings. The molecule has 0 amide bonds. The lowest BCUT2D eigenvalue weighted by atomic mass is 10.1. The summed E-state index contributed by atoms with van der Waals surface area (Å²) in [6, 6.07) is 0. The van der Waals surface area contributed by atoms with Gasteiger partial charge in [-0.3, -0.25) is 4.68 Å². The molecule has 1 atom stereocenters. The van der Waals surface area contributed by atoms with Gasteiger partial charge in [0, 0.05) is 7.05 Å². The van der Waals surface area contributed by atoms with Crippen LogP contribution in [0.4, 0.5) is 0 Å². The minimum Gasteiger partial charge on any atom is -0.381 e. The van der Waals surface area contributed by atoms with Crippen molar-refractivity contribution >= 4 is 23.1 Å². The van der Waals surface area contributed by atoms with E-state index in [1.807, 2.05) is 6.92 Å². The number of halogens is 1. The molecule has 0 bridgehead atoms. The highest BCUT2D eigenvalue weighted by Gasteiger charge is 2.23. The lowest BCUT2D eigenvalue weighted by Gasteiger charge is -2.10. The van der Waals surface area contributed by atoms with E-state index in [9.17, 15) is 5.11 Å². The molecule has 16 heavy (non-hydrogen) atoms. The zero-order valence-electron chi connectivity index (χ0n) is 8.88. The molecule has 86 valence electrons. The van der Waals surface area contributed by atoms with Gasteiger partial charge in [-0.25, -0.2) is 0 Å². The van der Waals surface area contributed by atoms with Crippen molar-refractivity contribution in [1.82, 2.24) is 19.4 Å². The summed E-state index contributed by atoms with van der Waals surface area (Å²) in [7, 11) is 1.74. The number of aliphatic hydroxyl groups is 1. The molecular formula is C9H11ClN4OS. The van der Waals surface area contributed by atoms with Crippen LogP contribution < -0.4 is 0 Å². The average Bonchev–Trinajstić information content (AvgIpc) is 2.85. The van der Waals surface area contributed by atoms with Gasteiger partial charge >= 0.3 is 0 Å². The predicted octanol–water partition coefficient (Wildman–Crippen LogP) is 1.57. The zero-order chi connectivity index (χ0) is 11.7. The molecular weight excluding hydrogens is 248 g/mol. The highest BCUT2D eigenvalue weighted by atomic mass is 35.5. The summed E-state index contributed by atoms with van der Waals surface area (Å²) < 4.78 is 5.40. The van der Waals surface area contributed by atoms with Crippen LogP contribution in [-0.4, -0.2) is 24.5 Å². The van der Waals surface area contributed by atoms with Crippen LogP contribution in [0.25, 0.3) is 0 Å². The standard InChI is InChI=1S/C9H11ClN4OS/c1-3-6-9(16-13-12-6)8(15)7-5(10)4-11-14(7)2/h4,8,15H,3H2,1-2H3. The van der Waals surface area contributed by atoms with Crippen LogP contribution in [0.2, 0.25) is 5.02 Å². The monoisotopic (exact) mass is 258 g/mol. The highest BCUT2D eigenvalue weighted by Crippen LogP contribution is 2.31. The lowest BCUT2D eigenvalue weighted by Crippen LogP contribution is -2.07. The second-order valence-corrected chi connectivity index (χ2v) is 4.53. The van der Waals surface area contributed by atoms with Gasteiger partial charge in [0.15, 0.2) is 0 Å². The molecule has 1 N–H and O–H groups in total. The van der Waals surface area contributed by atoms with Crippen molar-refractivity contribution in [3.05, 3.63) is 27.5 Å². The molecule has 0 radical (unpaired) electrons. The van der Waals surface area contributed by atoms with Crippen molar-refractivity contribution in [2.45, 2.75) is 19.4 Å². The molecule has 0 aliphatic carbocycles. The molecule has 0 aliphatic heterocycles. The Morgan fingerprint density at radius 1 is 1.62 bits per heavy atom. The van der Waals surface area contributed by atoms with E-state index in [-0.39, 0.29) is 0 Å². The number of aromatic nitrogens is 4. The minimum absolute atomic E-state index is 0.449. The summed E-state index contributed by atoms with van der Waals surface area (Å²) in [6.07, 6.45) is 1.44. The van der Waals surface area contributed by atoms with Gasteiger partial charge in [0.1, 0.15) is 6.10 Å². The lowest BCUT2D eigenvalue weighted by molar-refractivity contribution is 0.212. The van der Waals surface area contributed by atoms with Gasteiger partial charge in [0.05, 0.1) is 27.5 Å². The van der Waals surface area contributed by atoms with Crippen LogP contribution in [0.1, 0.15) is 29.3 Å². The molecule has 5 nitrogen and oxygen atoms in total. The van der Waals surface area contributed by atoms with Crippen molar-refractivity contribution in [3.8, 4) is 0 Å². The van der Waals surface area contributed by atoms with Gasteiger partial charge < -0.3 is 5.11 Å². The van der Waals surface area contributed by atoms with Gasteiger partial charge in [0.25, 0.3) is 0 Å². The van der Waals surface area contributed by atoms with Gasteiger partial charge in [-0.1, -0.05) is 23.0 Å². The number of hydrogen-bond donors (Lipinski definition) is 1. The summed E-state index contributed by atoms with van der Waals surface area (Å²) in [6.45, 7) is 1.97. The summed E-state index contributed by atoms with van der Waals surface area (Å²) in [5, 5.41) is 18.6. The molecule has 2 heterocycles. The van der Waals surface area contributed by atoms with Crippen molar-refractivity contribution in [2.24, 2.45) is 7.05 Å². The SMILES string of the molecule is CCc1nnsc1C(O)c1c(Cl)cnn1C. The Hall–Kier alpha value is -0.980. The largest absolute Gasteiger partial charge is 0.381 e. The smallest absolute Gasteiger partial charge is 0.135 e. The molecule has 1 unspecified atom stereocenters. The Labute approximate surface area is 102 Å². The van der Waals surface area contributed by atoms with Crippen LogP contribution >= 0.6 is 23.1 Å². The minimum atomic E-state index is -0.810. The van der Waals surface area contributed by atoms with Crippen LogP contribution in [0.15, 0.2) is 6.20 Å². The van der Waals surface area contributed by atoms with Gasteiger partial charge in [-0.05, 0) is 18.0 Å². The number of rotatable bonds is 3. The third-order valence-corrected chi connectivity index (χ3v) is 3.48. The summed E-state index contributed by atoms with van der Waals surface area (Å²) in [5.41, 5.74) is 1.37. The molecule has 2 aromatic heterocycles. The van der Waals surface area contributed by atoms with Crippen molar-refractivity contribution < 1.29 is 5.11 Å². The Bertz CT molecular complexity index is 476. The predicted molar refractivity (Wildman–Crippen MR) is 61.6 cm³/mol. The quantitative estimate of drug-likeness (QED) is 0.908. The highest BCUT2D eigenvalue weighted by molar-refractivity contribution is 7.05. The molecule has 2 rings (SSSR count). The van der Waals surface area contributed by atoms with E-state index in [4.69, 9.17) is 11.6 Å². The fraction of sp³-hybridized carbons (Fsp3) is 0.444. The number of hydrogen-bond acceptors (Lipinski definition) is 5. The fourth-order valence-electron chi connectivity index (χ4n) is 1.52. The van der Waals surface area contributed by atoms with E-state index < -0.39 is 6.10 Å². The Kier molecular flexibility index (Phi) is 3.22. The summed E-state index contributed by atoms with van der Waals surface area (Å²) >= 11 is 7.16. The molecule has 0 aliphatic rings. The van der Waals surface area contributed by atoms with E-state index in [1.54, 1.807) is 11.7 Å². The first-order valence-electron chi connectivity index (χ1n) is 4.81. The molecule has 7 heteroatoms. The topological polar surface area (TPSA) is 63.8 Å². The van der Waals surface area contributed by atoms with Crippen molar-refractivity contribution in [2.75, 3.05) is 0 Å². The van der Waals surface area contributed by atoms with Crippen molar-refractivity contribution in [1.29, 1.82) is 0 Å². The van der Waals surface area contributed by atoms with E-state index in [1.165, 1.54) is 17.7 Å². The third kappa shape index (κ3) is 1.83. The Morgan fingerprint density at radius 3 is 2.94 bits per heavy atom. The summed E-state index contributed by atoms with van der Waals surface area (Å²) in [5.74, 6) is 0. The first kappa shape index (κ1) is 11.5. The second-order valence-electron chi connectivity index (χ2n) is 3.34. The maximum absolute atomic E-state index is 10.2. The summed E-state index contributed by atoms with van der Waals surface area (Å²) in [4.78, 5) is 0.730. The first-order valence-corrected chi connectivity index (χ1v) is 5.96.